The number of nitrogens with zero attached hydrogens (tertiary/aromatic N) is 6. The summed E-state index contributed by atoms with van der Waals surface area (Å²) >= 11 is 12.7. The quantitative estimate of drug-likeness (QED) is 0.153. The Bertz CT molecular complexity index is 2210. The lowest BCUT2D eigenvalue weighted by Crippen LogP contribution is -1.98. The Morgan fingerprint density at radius 3 is 1.87 bits per heavy atom. The minimum absolute atomic E-state index is 0.0921. The number of methoxy groups -OCH3 is 2. The number of anilines is 2. The van der Waals surface area contributed by atoms with E-state index in [-0.39, 0.29) is 11.5 Å². The molecular formula is C30H20Br2ClF2N9O2. The van der Waals surface area contributed by atoms with E-state index in [2.05, 4.69) is 77.5 Å². The summed E-state index contributed by atoms with van der Waals surface area (Å²) in [5.41, 5.74) is 5.13. The average molecular weight is 772 g/mol. The predicted octanol–water partition coefficient (Wildman–Crippen LogP) is 8.26. The third kappa shape index (κ3) is 6.47. The summed E-state index contributed by atoms with van der Waals surface area (Å²) in [4.78, 5) is 17.1. The van der Waals surface area contributed by atoms with Gasteiger partial charge in [-0.3, -0.25) is 10.2 Å². The first kappa shape index (κ1) is 31.3. The summed E-state index contributed by atoms with van der Waals surface area (Å²) in [5.74, 6) is 0.289. The van der Waals surface area contributed by atoms with Crippen LogP contribution in [0.1, 0.15) is 0 Å². The molecule has 7 aromatic rings. The molecule has 0 unspecified atom stereocenters. The molecule has 0 radical (unpaired) electrons. The zero-order valence-corrected chi connectivity index (χ0v) is 27.7. The van der Waals surface area contributed by atoms with Gasteiger partial charge in [0.25, 0.3) is 0 Å². The molecule has 232 valence electrons. The second kappa shape index (κ2) is 13.3. The van der Waals surface area contributed by atoms with Crippen LogP contribution < -0.4 is 14.8 Å². The van der Waals surface area contributed by atoms with Crippen LogP contribution in [-0.2, 0) is 0 Å². The summed E-state index contributed by atoms with van der Waals surface area (Å²) in [6.45, 7) is 0. The molecule has 4 heterocycles. The van der Waals surface area contributed by atoms with E-state index in [9.17, 15) is 8.78 Å². The van der Waals surface area contributed by atoms with Gasteiger partial charge < -0.3 is 14.8 Å². The van der Waals surface area contributed by atoms with E-state index in [1.54, 1.807) is 14.2 Å². The fourth-order valence-electron chi connectivity index (χ4n) is 4.49. The van der Waals surface area contributed by atoms with Gasteiger partial charge in [0.1, 0.15) is 39.3 Å². The van der Waals surface area contributed by atoms with E-state index < -0.39 is 11.6 Å². The summed E-state index contributed by atoms with van der Waals surface area (Å²) in [7, 11) is 3.20. The van der Waals surface area contributed by atoms with Crippen molar-refractivity contribution in [1.29, 1.82) is 0 Å². The molecule has 0 saturated carbocycles. The number of aromatic nitrogens is 8. The van der Waals surface area contributed by atoms with Gasteiger partial charge in [-0.05, 0) is 48.5 Å². The van der Waals surface area contributed by atoms with Crippen LogP contribution in [0.15, 0.2) is 75.9 Å². The molecule has 7 rings (SSSR count). The minimum Gasteiger partial charge on any atom is -0.496 e. The molecule has 3 aromatic carbocycles. The molecule has 4 aromatic heterocycles. The Kier molecular flexibility index (Phi) is 9.05. The Labute approximate surface area is 281 Å². The largest absolute Gasteiger partial charge is 0.496 e. The number of aromatic amines is 2. The molecular weight excluding hydrogens is 752 g/mol. The van der Waals surface area contributed by atoms with Crippen LogP contribution in [0.25, 0.3) is 44.8 Å². The zero-order chi connectivity index (χ0) is 32.4. The molecule has 0 saturated heterocycles. The van der Waals surface area contributed by atoms with E-state index >= 15 is 0 Å². The number of H-pyrrole nitrogens is 2. The lowest BCUT2D eigenvalue weighted by molar-refractivity contribution is 0.416. The van der Waals surface area contributed by atoms with Gasteiger partial charge in [0.05, 0.1) is 43.7 Å². The zero-order valence-electron chi connectivity index (χ0n) is 23.7. The van der Waals surface area contributed by atoms with Crippen LogP contribution in [0.3, 0.4) is 0 Å². The number of hydrogen-bond donors (Lipinski definition) is 3. The van der Waals surface area contributed by atoms with Gasteiger partial charge in [0, 0.05) is 26.1 Å². The Hall–Kier alpha value is -4.73. The lowest BCUT2D eigenvalue weighted by Gasteiger charge is -2.08. The van der Waals surface area contributed by atoms with Crippen molar-refractivity contribution >= 4 is 77.3 Å². The van der Waals surface area contributed by atoms with Gasteiger partial charge in [-0.2, -0.15) is 10.2 Å². The van der Waals surface area contributed by atoms with Gasteiger partial charge in [-0.25, -0.2) is 28.7 Å². The van der Waals surface area contributed by atoms with Crippen molar-refractivity contribution < 1.29 is 18.3 Å². The van der Waals surface area contributed by atoms with E-state index in [4.69, 9.17) is 21.1 Å². The van der Waals surface area contributed by atoms with E-state index in [0.29, 0.717) is 38.9 Å². The first-order chi connectivity index (χ1) is 22.2. The highest BCUT2D eigenvalue weighted by atomic mass is 79.9. The van der Waals surface area contributed by atoms with Gasteiger partial charge in [-0.1, -0.05) is 43.5 Å². The monoisotopic (exact) mass is 769 g/mol. The molecule has 0 spiro atoms. The number of rotatable bonds is 6. The van der Waals surface area contributed by atoms with Crippen molar-refractivity contribution in [1.82, 2.24) is 40.3 Å². The summed E-state index contributed by atoms with van der Waals surface area (Å²) < 4.78 is 39.4. The normalized spacial score (nSPS) is 10.9. The van der Waals surface area contributed by atoms with Crippen molar-refractivity contribution in [2.45, 2.75) is 0 Å². The maximum absolute atomic E-state index is 13.8. The maximum atomic E-state index is 13.8. The second-order valence-electron chi connectivity index (χ2n) is 9.43. The summed E-state index contributed by atoms with van der Waals surface area (Å²) in [6, 6.07) is 14.5. The highest BCUT2D eigenvalue weighted by Gasteiger charge is 2.17. The first-order valence-electron chi connectivity index (χ1n) is 13.2. The number of ether oxygens (including phenoxy) is 2. The van der Waals surface area contributed by atoms with Gasteiger partial charge >= 0.3 is 0 Å². The van der Waals surface area contributed by atoms with Crippen LogP contribution in [-0.4, -0.2) is 54.6 Å². The fraction of sp³-hybridized carbons (Fsp3) is 0.0667. The standard InChI is InChI=1S/C18H12BrF2N5O.C12H8BrClN4O/c1-27-14-5-2-9(19)6-11(14)16-17-18(26-25-16)24-15(8-22-17)23-13-4-3-10(20)7-12(13)21;1-19-8-3-2-6(13)4-7(8)10-11-12(18-17-10)16-9(14)5-15-11/h2-8H,1H3,(H2,23,24,25,26);2-5H,1H3,(H,16,17,18). The molecule has 0 atom stereocenters. The Morgan fingerprint density at radius 1 is 0.739 bits per heavy atom. The number of hydrogen-bond acceptors (Lipinski definition) is 9. The summed E-state index contributed by atoms with van der Waals surface area (Å²) in [6.07, 6.45) is 2.95. The Balaban J connectivity index is 0.000000172. The molecule has 11 nitrogen and oxygen atoms in total. The Morgan fingerprint density at radius 2 is 1.30 bits per heavy atom. The average Bonchev–Trinajstić information content (AvgIpc) is 3.66. The second-order valence-corrected chi connectivity index (χ2v) is 11.6. The minimum atomic E-state index is -0.724. The van der Waals surface area contributed by atoms with Crippen molar-refractivity contribution in [2.75, 3.05) is 19.5 Å². The van der Waals surface area contributed by atoms with Crippen LogP contribution in [0, 0.1) is 11.6 Å². The molecule has 46 heavy (non-hydrogen) atoms. The number of benzene rings is 3. The molecule has 0 aliphatic carbocycles. The molecule has 0 aliphatic heterocycles. The molecule has 0 fully saturated rings. The highest BCUT2D eigenvalue weighted by molar-refractivity contribution is 9.10. The number of fused-ring (bicyclic) bond motifs is 2. The third-order valence-corrected chi connectivity index (χ3v) is 7.72. The van der Waals surface area contributed by atoms with Gasteiger partial charge in [-0.15, -0.1) is 0 Å². The number of nitrogens with one attached hydrogen (secondary N) is 3. The van der Waals surface area contributed by atoms with Crippen molar-refractivity contribution in [3.63, 3.8) is 0 Å². The lowest BCUT2D eigenvalue weighted by atomic mass is 10.1. The topological polar surface area (TPSA) is 139 Å². The van der Waals surface area contributed by atoms with Crippen LogP contribution in [0.2, 0.25) is 5.15 Å². The molecule has 0 aliphatic rings. The van der Waals surface area contributed by atoms with E-state index in [1.807, 2.05) is 36.4 Å². The van der Waals surface area contributed by atoms with Crippen molar-refractivity contribution in [2.24, 2.45) is 0 Å². The molecule has 0 amide bonds. The van der Waals surface area contributed by atoms with Crippen LogP contribution in [0.5, 0.6) is 11.5 Å². The summed E-state index contributed by atoms with van der Waals surface area (Å²) in [5, 5.41) is 17.2. The van der Waals surface area contributed by atoms with Crippen molar-refractivity contribution in [3.8, 4) is 34.0 Å². The fourth-order valence-corrected chi connectivity index (χ4v) is 5.34. The molecule has 16 heteroatoms. The SMILES string of the molecule is COc1ccc(Br)cc1-c1[nH]nc2nc(Cl)cnc12.COc1ccc(Br)cc1-c1[nH]nc2nc(Nc3ccc(F)cc3F)cnc12. The van der Waals surface area contributed by atoms with Gasteiger partial charge in [0.2, 0.25) is 11.3 Å². The van der Waals surface area contributed by atoms with E-state index in [0.717, 1.165) is 43.6 Å². The van der Waals surface area contributed by atoms with Crippen LogP contribution >= 0.6 is 43.5 Å². The smallest absolute Gasteiger partial charge is 0.202 e. The molecule has 0 bridgehead atoms. The van der Waals surface area contributed by atoms with E-state index in [1.165, 1.54) is 18.5 Å². The maximum Gasteiger partial charge on any atom is 0.202 e. The van der Waals surface area contributed by atoms with Crippen molar-refractivity contribution in [3.05, 3.63) is 92.7 Å². The highest BCUT2D eigenvalue weighted by Crippen LogP contribution is 2.36. The van der Waals surface area contributed by atoms with Crippen LogP contribution in [0.4, 0.5) is 20.3 Å². The van der Waals surface area contributed by atoms with Gasteiger partial charge in [0.15, 0.2) is 5.82 Å². The first-order valence-corrected chi connectivity index (χ1v) is 15.2. The number of halogens is 5. The molecule has 3 N–H and O–H groups in total. The third-order valence-electron chi connectivity index (χ3n) is 6.56. The predicted molar refractivity (Wildman–Crippen MR) is 177 cm³/mol.